The second kappa shape index (κ2) is 3.74. The topological polar surface area (TPSA) is 0 Å². The van der Waals surface area contributed by atoms with E-state index in [-0.39, 0.29) is 0 Å². The van der Waals surface area contributed by atoms with Gasteiger partial charge in [-0.15, -0.1) is 11.8 Å². The third-order valence-electron chi connectivity index (χ3n) is 0.525. The molecule has 0 N–H and O–H groups in total. The monoisotopic (exact) mass is 95.1 g/mol. The van der Waals surface area contributed by atoms with Crippen molar-refractivity contribution < 1.29 is 0 Å². The quantitative estimate of drug-likeness (QED) is 0.403. The van der Waals surface area contributed by atoms with Gasteiger partial charge in [0.2, 0.25) is 0 Å². The van der Waals surface area contributed by atoms with Crippen molar-refractivity contribution in [3.8, 4) is 11.8 Å². The summed E-state index contributed by atoms with van der Waals surface area (Å²) in [4.78, 5) is 0. The molecule has 0 aliphatic rings. The number of hydrogen-bond donors (Lipinski definition) is 0. The Kier molecular flexibility index (Phi) is 3.50. The van der Waals surface area contributed by atoms with Crippen LogP contribution in [0.3, 0.4) is 0 Å². The lowest BCUT2D eigenvalue weighted by atomic mass is 10.2. The van der Waals surface area contributed by atoms with Gasteiger partial charge in [0.15, 0.2) is 0 Å². The molecule has 0 aromatic heterocycles. The molecule has 0 amide bonds. The summed E-state index contributed by atoms with van der Waals surface area (Å²) in [6.07, 6.45) is 0.944. The summed E-state index contributed by atoms with van der Waals surface area (Å²) in [7, 11) is 0. The smallest absolute Gasteiger partial charge is 0.0175 e. The zero-order valence-electron chi connectivity index (χ0n) is 4.99. The van der Waals surface area contributed by atoms with Gasteiger partial charge in [-0.3, -0.25) is 0 Å². The van der Waals surface area contributed by atoms with Gasteiger partial charge in [-0.2, -0.15) is 0 Å². The van der Waals surface area contributed by atoms with E-state index in [1.54, 1.807) is 0 Å². The maximum absolute atomic E-state index is 3.70. The summed E-state index contributed by atoms with van der Waals surface area (Å²) in [5.41, 5.74) is 0. The second-order valence-corrected chi connectivity index (χ2v) is 1.58. The summed E-state index contributed by atoms with van der Waals surface area (Å²) in [6, 6.07) is 0. The minimum Gasteiger partial charge on any atom is -0.103 e. The van der Waals surface area contributed by atoms with Crippen LogP contribution in [0.2, 0.25) is 0 Å². The van der Waals surface area contributed by atoms with Crippen LogP contribution in [0.4, 0.5) is 0 Å². The Balaban J connectivity index is 3.24. The maximum Gasteiger partial charge on any atom is 0.0175 e. The lowest BCUT2D eigenvalue weighted by Gasteiger charge is -1.83. The second-order valence-electron chi connectivity index (χ2n) is 1.58. The van der Waals surface area contributed by atoms with Gasteiger partial charge >= 0.3 is 0 Å². The Labute approximate surface area is 45.9 Å². The summed E-state index contributed by atoms with van der Waals surface area (Å²) in [6.45, 7) is 7.73. The first kappa shape index (κ1) is 6.56. The summed E-state index contributed by atoms with van der Waals surface area (Å²) < 4.78 is 0. The summed E-state index contributed by atoms with van der Waals surface area (Å²) >= 11 is 0. The van der Waals surface area contributed by atoms with E-state index in [9.17, 15) is 0 Å². The largest absolute Gasteiger partial charge is 0.103 e. The van der Waals surface area contributed by atoms with E-state index in [4.69, 9.17) is 0 Å². The minimum atomic E-state index is 0.292. The Morgan fingerprint density at radius 2 is 2.29 bits per heavy atom. The first-order chi connectivity index (χ1) is 3.27. The Hall–Kier alpha value is -0.440. The fourth-order valence-corrected chi connectivity index (χ4v) is 0.276. The first-order valence-corrected chi connectivity index (χ1v) is 2.58. The molecule has 0 heteroatoms. The van der Waals surface area contributed by atoms with Crippen LogP contribution in [0.15, 0.2) is 0 Å². The molecule has 0 saturated carbocycles. The average molecular weight is 95.2 g/mol. The maximum atomic E-state index is 3.70. The van der Waals surface area contributed by atoms with Gasteiger partial charge in [-0.25, -0.2) is 0 Å². The molecule has 0 aliphatic heterocycles. The van der Waals surface area contributed by atoms with E-state index in [1.807, 2.05) is 13.8 Å². The minimum absolute atomic E-state index is 0.292. The molecule has 0 heterocycles. The Bertz CT molecular complexity index is 79.9. The van der Waals surface area contributed by atoms with Gasteiger partial charge in [0, 0.05) is 12.3 Å². The van der Waals surface area contributed by atoms with E-state index >= 15 is 0 Å². The first-order valence-electron chi connectivity index (χ1n) is 2.58. The third kappa shape index (κ3) is 5.56. The van der Waals surface area contributed by atoms with Crippen LogP contribution in [0, 0.1) is 24.7 Å². The molecule has 0 aromatic carbocycles. The molecule has 7 heavy (non-hydrogen) atoms. The van der Waals surface area contributed by atoms with Gasteiger partial charge in [0.1, 0.15) is 0 Å². The van der Waals surface area contributed by atoms with Crippen LogP contribution in [0.1, 0.15) is 20.3 Å². The summed E-state index contributed by atoms with van der Waals surface area (Å²) in [5, 5.41) is 0. The van der Waals surface area contributed by atoms with Crippen LogP contribution in [-0.4, -0.2) is 0 Å². The third-order valence-corrected chi connectivity index (χ3v) is 0.525. The highest BCUT2D eigenvalue weighted by Crippen LogP contribution is 1.84. The fourth-order valence-electron chi connectivity index (χ4n) is 0.276. The molecular weight excluding hydrogens is 84.1 g/mol. The number of rotatable bonds is 0. The molecular formula is C7H11. The van der Waals surface area contributed by atoms with Gasteiger partial charge in [-0.1, -0.05) is 13.8 Å². The predicted octanol–water partition coefficient (Wildman–Crippen LogP) is 1.87. The Morgan fingerprint density at radius 1 is 1.71 bits per heavy atom. The molecule has 0 rings (SSSR count). The van der Waals surface area contributed by atoms with Gasteiger partial charge in [-0.05, 0) is 6.92 Å². The molecule has 1 radical (unpaired) electrons. The molecule has 0 spiro atoms. The van der Waals surface area contributed by atoms with Crippen molar-refractivity contribution in [3.05, 3.63) is 6.92 Å². The van der Waals surface area contributed by atoms with E-state index in [0.717, 1.165) is 6.42 Å². The van der Waals surface area contributed by atoms with Crippen molar-refractivity contribution >= 4 is 0 Å². The zero-order chi connectivity index (χ0) is 5.70. The molecule has 0 bridgehead atoms. The van der Waals surface area contributed by atoms with E-state index in [1.165, 1.54) is 0 Å². The lowest BCUT2D eigenvalue weighted by Crippen LogP contribution is -1.76. The molecule has 1 unspecified atom stereocenters. The highest BCUT2D eigenvalue weighted by atomic mass is 13.8. The molecule has 0 saturated heterocycles. The Morgan fingerprint density at radius 3 is 2.43 bits per heavy atom. The summed E-state index contributed by atoms with van der Waals surface area (Å²) in [5.74, 6) is 6.16. The highest BCUT2D eigenvalue weighted by Gasteiger charge is 1.77. The van der Waals surface area contributed by atoms with Gasteiger partial charge in [0.25, 0.3) is 0 Å². The molecule has 0 nitrogen and oxygen atoms in total. The molecule has 0 aromatic rings. The fraction of sp³-hybridized carbons (Fsp3) is 0.571. The van der Waals surface area contributed by atoms with Crippen molar-refractivity contribution in [3.63, 3.8) is 0 Å². The molecule has 1 atom stereocenters. The van der Waals surface area contributed by atoms with E-state index in [2.05, 4.69) is 18.8 Å². The number of hydrogen-bond acceptors (Lipinski definition) is 0. The normalized spacial score (nSPS) is 8.00. The SMILES string of the molecule is [CH2]C(C)C#CCC. The van der Waals surface area contributed by atoms with Crippen molar-refractivity contribution in [2.24, 2.45) is 5.92 Å². The molecule has 0 aliphatic carbocycles. The standard InChI is InChI=1S/C7H11/c1-4-5-6-7(2)3/h7H,2,4H2,1,3H3. The molecule has 0 fully saturated rings. The average Bonchev–Trinajstić information content (AvgIpc) is 1.61. The van der Waals surface area contributed by atoms with Crippen molar-refractivity contribution in [2.75, 3.05) is 0 Å². The van der Waals surface area contributed by atoms with Gasteiger partial charge < -0.3 is 0 Å². The van der Waals surface area contributed by atoms with Crippen molar-refractivity contribution in [1.29, 1.82) is 0 Å². The van der Waals surface area contributed by atoms with Crippen molar-refractivity contribution in [2.45, 2.75) is 20.3 Å². The van der Waals surface area contributed by atoms with Gasteiger partial charge in [0.05, 0.1) is 0 Å². The zero-order valence-corrected chi connectivity index (χ0v) is 4.99. The van der Waals surface area contributed by atoms with Crippen LogP contribution >= 0.6 is 0 Å². The molecule has 39 valence electrons. The van der Waals surface area contributed by atoms with Crippen LogP contribution in [0.5, 0.6) is 0 Å². The van der Waals surface area contributed by atoms with E-state index < -0.39 is 0 Å². The van der Waals surface area contributed by atoms with E-state index in [0.29, 0.717) is 5.92 Å². The highest BCUT2D eigenvalue weighted by molar-refractivity contribution is 5.02. The van der Waals surface area contributed by atoms with Crippen LogP contribution in [0.25, 0.3) is 0 Å². The predicted molar refractivity (Wildman–Crippen MR) is 32.6 cm³/mol. The van der Waals surface area contributed by atoms with Crippen LogP contribution in [-0.2, 0) is 0 Å². The van der Waals surface area contributed by atoms with Crippen LogP contribution < -0.4 is 0 Å². The van der Waals surface area contributed by atoms with Crippen molar-refractivity contribution in [1.82, 2.24) is 0 Å². The lowest BCUT2D eigenvalue weighted by molar-refractivity contribution is 0.973.